The number of methoxy groups -OCH3 is 1. The normalized spacial score (nSPS) is 26.1. The molecule has 0 spiro atoms. The molecule has 1 saturated heterocycles. The Bertz CT molecular complexity index is 1310. The number of hydrogen-bond acceptors (Lipinski definition) is 4. The van der Waals surface area contributed by atoms with Gasteiger partial charge in [0.1, 0.15) is 12.3 Å². The van der Waals surface area contributed by atoms with Crippen molar-refractivity contribution in [1.82, 2.24) is 4.90 Å². The average molecular weight is 517 g/mol. The molecule has 4 aliphatic rings. The molecule has 3 aromatic carbocycles. The quantitative estimate of drug-likeness (QED) is 0.419. The Morgan fingerprint density at radius 2 is 1.53 bits per heavy atom. The van der Waals surface area contributed by atoms with E-state index < -0.39 is 22.1 Å². The van der Waals surface area contributed by atoms with Gasteiger partial charge in [-0.1, -0.05) is 64.5 Å². The minimum Gasteiger partial charge on any atom is -0.497 e. The van der Waals surface area contributed by atoms with Crippen LogP contribution in [0.2, 0.25) is 0 Å². The Morgan fingerprint density at radius 3 is 2.12 bits per heavy atom. The highest BCUT2D eigenvalue weighted by Crippen LogP contribution is 2.66. The Kier molecular flexibility index (Phi) is 4.68. The largest absolute Gasteiger partial charge is 0.497 e. The molecule has 0 radical (unpaired) electrons. The molecule has 34 heavy (non-hydrogen) atoms. The van der Waals surface area contributed by atoms with E-state index >= 15 is 0 Å². The lowest BCUT2D eigenvalue weighted by Crippen LogP contribution is -2.50. The predicted molar refractivity (Wildman–Crippen MR) is 130 cm³/mol. The first kappa shape index (κ1) is 21.1. The molecule has 1 heterocycles. The molecular weight excluding hydrogens is 496 g/mol. The van der Waals surface area contributed by atoms with Crippen molar-refractivity contribution in [3.63, 3.8) is 0 Å². The van der Waals surface area contributed by atoms with Crippen molar-refractivity contribution < 1.29 is 19.1 Å². The van der Waals surface area contributed by atoms with E-state index in [9.17, 15) is 14.4 Å². The summed E-state index contributed by atoms with van der Waals surface area (Å²) in [6.07, 6.45) is 0. The zero-order valence-electron chi connectivity index (χ0n) is 18.3. The molecule has 1 aliphatic heterocycles. The smallest absolute Gasteiger partial charge is 0.244 e. The fourth-order valence-electron chi connectivity index (χ4n) is 5.91. The molecular formula is C27H21BrN2O4. The second-order valence-corrected chi connectivity index (χ2v) is 10.2. The van der Waals surface area contributed by atoms with Crippen LogP contribution in [0.5, 0.6) is 5.75 Å². The molecule has 0 saturated carbocycles. The van der Waals surface area contributed by atoms with E-state index in [0.717, 1.165) is 27.2 Å². The molecule has 170 valence electrons. The lowest BCUT2D eigenvalue weighted by atomic mass is 9.55. The first-order chi connectivity index (χ1) is 16.4. The van der Waals surface area contributed by atoms with Crippen molar-refractivity contribution in [3.05, 3.63) is 95.1 Å². The fraction of sp³-hybridized carbons (Fsp3) is 0.222. The average Bonchev–Trinajstić information content (AvgIpc) is 3.11. The van der Waals surface area contributed by atoms with E-state index in [1.54, 1.807) is 31.4 Å². The zero-order valence-corrected chi connectivity index (χ0v) is 19.9. The topological polar surface area (TPSA) is 75.7 Å². The fourth-order valence-corrected chi connectivity index (χ4v) is 7.12. The molecule has 2 atom stereocenters. The number of anilines is 1. The van der Waals surface area contributed by atoms with E-state index in [2.05, 4.69) is 21.2 Å². The number of alkyl halides is 1. The minimum absolute atomic E-state index is 0.220. The Balaban J connectivity index is 1.35. The van der Waals surface area contributed by atoms with Crippen molar-refractivity contribution in [2.75, 3.05) is 19.0 Å². The summed E-state index contributed by atoms with van der Waals surface area (Å²) < 4.78 is 4.33. The third-order valence-corrected chi connectivity index (χ3v) is 8.63. The molecule has 3 aromatic rings. The van der Waals surface area contributed by atoms with Crippen LogP contribution in [0.1, 0.15) is 28.2 Å². The van der Waals surface area contributed by atoms with Crippen molar-refractivity contribution in [2.45, 2.75) is 10.2 Å². The van der Waals surface area contributed by atoms with E-state index in [1.165, 1.54) is 0 Å². The van der Waals surface area contributed by atoms with Gasteiger partial charge >= 0.3 is 0 Å². The summed E-state index contributed by atoms with van der Waals surface area (Å²) in [6.45, 7) is -0.320. The number of nitrogens with one attached hydrogen (secondary N) is 1. The van der Waals surface area contributed by atoms with E-state index in [4.69, 9.17) is 4.74 Å². The highest BCUT2D eigenvalue weighted by atomic mass is 79.9. The van der Waals surface area contributed by atoms with Gasteiger partial charge in [0, 0.05) is 11.6 Å². The van der Waals surface area contributed by atoms with E-state index in [1.807, 2.05) is 48.5 Å². The van der Waals surface area contributed by atoms with Gasteiger partial charge in [-0.05, 0) is 46.5 Å². The maximum atomic E-state index is 13.7. The number of ether oxygens (including phenoxy) is 1. The van der Waals surface area contributed by atoms with Gasteiger partial charge in [-0.25, -0.2) is 0 Å². The Labute approximate surface area is 205 Å². The van der Waals surface area contributed by atoms with Gasteiger partial charge in [-0.2, -0.15) is 0 Å². The standard InChI is InChI=1S/C27H21BrN2O4/c1-34-16-12-10-15(11-13-16)29-21(31)14-30-25(32)23-22-17-6-2-4-8-19(17)27(28,24(23)26(30)33)20-9-5-3-7-18(20)22/h2-13,22-24H,14H2,1H3,(H,29,31)/t22?,23-,24-,27?/m1/s1. The van der Waals surface area contributed by atoms with Crippen LogP contribution >= 0.6 is 15.9 Å². The first-order valence-corrected chi connectivity index (χ1v) is 11.9. The second-order valence-electron chi connectivity index (χ2n) is 8.91. The third-order valence-electron chi connectivity index (χ3n) is 7.28. The Hall–Kier alpha value is -3.45. The summed E-state index contributed by atoms with van der Waals surface area (Å²) in [5.41, 5.74) is 4.73. The maximum absolute atomic E-state index is 13.7. The SMILES string of the molecule is COc1ccc(NC(=O)CN2C(=O)[C@@H]3C4c5ccccc5C(Br)(c5ccccc54)[C@H]3C2=O)cc1. The number of rotatable bonds is 4. The van der Waals surface area contributed by atoms with Crippen LogP contribution in [-0.2, 0) is 18.7 Å². The van der Waals surface area contributed by atoms with Gasteiger partial charge in [0.25, 0.3) is 0 Å². The molecule has 7 heteroatoms. The second kappa shape index (κ2) is 7.53. The summed E-state index contributed by atoms with van der Waals surface area (Å²) in [7, 11) is 1.57. The number of carbonyl (C=O) groups is 3. The van der Waals surface area contributed by atoms with Gasteiger partial charge in [0.05, 0.1) is 23.3 Å². The monoisotopic (exact) mass is 516 g/mol. The third kappa shape index (κ3) is 2.76. The van der Waals surface area contributed by atoms with Gasteiger partial charge in [0.15, 0.2) is 0 Å². The minimum atomic E-state index is -0.812. The van der Waals surface area contributed by atoms with Crippen LogP contribution in [0.15, 0.2) is 72.8 Å². The number of halogens is 1. The molecule has 2 bridgehead atoms. The lowest BCUT2D eigenvalue weighted by molar-refractivity contribution is -0.142. The number of hydrogen-bond donors (Lipinski definition) is 1. The van der Waals surface area contributed by atoms with Crippen LogP contribution in [0, 0.1) is 11.8 Å². The lowest BCUT2D eigenvalue weighted by Gasteiger charge is -2.51. The van der Waals surface area contributed by atoms with Crippen LogP contribution < -0.4 is 10.1 Å². The van der Waals surface area contributed by atoms with Crippen LogP contribution in [-0.4, -0.2) is 36.3 Å². The summed E-state index contributed by atoms with van der Waals surface area (Å²) >= 11 is 3.95. The highest BCUT2D eigenvalue weighted by Gasteiger charge is 2.67. The summed E-state index contributed by atoms with van der Waals surface area (Å²) in [5.74, 6) is -1.74. The predicted octanol–water partition coefficient (Wildman–Crippen LogP) is 4.03. The zero-order chi connectivity index (χ0) is 23.6. The van der Waals surface area contributed by atoms with Crippen LogP contribution in [0.25, 0.3) is 0 Å². The van der Waals surface area contributed by atoms with Crippen LogP contribution in [0.3, 0.4) is 0 Å². The highest BCUT2D eigenvalue weighted by molar-refractivity contribution is 9.09. The van der Waals surface area contributed by atoms with Gasteiger partial charge in [-0.3, -0.25) is 19.3 Å². The first-order valence-electron chi connectivity index (χ1n) is 11.1. The Morgan fingerprint density at radius 1 is 0.941 bits per heavy atom. The molecule has 1 N–H and O–H groups in total. The molecule has 0 aromatic heterocycles. The molecule has 3 aliphatic carbocycles. The molecule has 3 amide bonds. The van der Waals surface area contributed by atoms with Crippen molar-refractivity contribution >= 4 is 39.3 Å². The van der Waals surface area contributed by atoms with Crippen molar-refractivity contribution in [1.29, 1.82) is 0 Å². The summed E-state index contributed by atoms with van der Waals surface area (Å²) in [5, 5.41) is 2.77. The van der Waals surface area contributed by atoms with E-state index in [-0.39, 0.29) is 24.3 Å². The van der Waals surface area contributed by atoms with Gasteiger partial charge in [-0.15, -0.1) is 0 Å². The number of imide groups is 1. The van der Waals surface area contributed by atoms with Gasteiger partial charge in [0.2, 0.25) is 17.7 Å². The maximum Gasteiger partial charge on any atom is 0.244 e. The number of carbonyl (C=O) groups excluding carboxylic acids is 3. The number of likely N-dealkylation sites (tertiary alicyclic amines) is 1. The summed E-state index contributed by atoms with van der Waals surface area (Å²) in [4.78, 5) is 41.3. The van der Waals surface area contributed by atoms with Crippen molar-refractivity contribution in [3.8, 4) is 5.75 Å². The molecule has 7 rings (SSSR count). The van der Waals surface area contributed by atoms with E-state index in [0.29, 0.717) is 11.4 Å². The number of benzene rings is 3. The number of amides is 3. The van der Waals surface area contributed by atoms with Crippen molar-refractivity contribution in [2.24, 2.45) is 11.8 Å². The molecule has 0 unspecified atom stereocenters. The molecule has 6 nitrogen and oxygen atoms in total. The van der Waals surface area contributed by atoms with Crippen LogP contribution in [0.4, 0.5) is 5.69 Å². The number of nitrogens with zero attached hydrogens (tertiary/aromatic N) is 1. The summed E-state index contributed by atoms with van der Waals surface area (Å²) in [6, 6.07) is 22.9. The molecule has 1 fully saturated rings. The van der Waals surface area contributed by atoms with Gasteiger partial charge < -0.3 is 10.1 Å².